The fourth-order valence-electron chi connectivity index (χ4n) is 10.2. The lowest BCUT2D eigenvalue weighted by atomic mass is 9.43. The summed E-state index contributed by atoms with van der Waals surface area (Å²) >= 11 is 1.90. The molecule has 0 unspecified atom stereocenters. The second kappa shape index (κ2) is 14.6. The van der Waals surface area contributed by atoms with Crippen molar-refractivity contribution in [2.75, 3.05) is 9.71 Å². The minimum Gasteiger partial charge on any atom is -0.376 e. The SMILES string of the molecule is CC(C)(C)c1ccc(N2B3c4ccc5sc6ccccc6c5c4N(c4ccc(C(C)(C)C)cc4-c4ccccc4)c4cc(-c5ccccc5)cc(c43)-c3ccc(C(C)(C)C)cc32)cc1. The van der Waals surface area contributed by atoms with Crippen LogP contribution < -0.4 is 20.6 Å². The zero-order chi connectivity index (χ0) is 44.3. The summed E-state index contributed by atoms with van der Waals surface area (Å²) in [6, 6.07) is 64.9. The summed E-state index contributed by atoms with van der Waals surface area (Å²) in [6.45, 7) is 20.8. The van der Waals surface area contributed by atoms with Gasteiger partial charge in [0, 0.05) is 48.4 Å². The number of rotatable bonds is 4. The Morgan fingerprint density at radius 3 is 1.72 bits per heavy atom. The molecule has 64 heavy (non-hydrogen) atoms. The van der Waals surface area contributed by atoms with Crippen molar-refractivity contribution in [3.05, 3.63) is 187 Å². The Morgan fingerprint density at radius 1 is 0.422 bits per heavy atom. The first-order valence-corrected chi connectivity index (χ1v) is 23.7. The Bertz CT molecular complexity index is 3270. The fraction of sp³-hybridized carbons (Fsp3) is 0.200. The molecule has 0 N–H and O–H groups in total. The summed E-state index contributed by atoms with van der Waals surface area (Å²) in [7, 11) is 0. The topological polar surface area (TPSA) is 6.48 Å². The fourth-order valence-corrected chi connectivity index (χ4v) is 11.3. The summed E-state index contributed by atoms with van der Waals surface area (Å²) < 4.78 is 2.60. The third kappa shape index (κ3) is 6.52. The Balaban J connectivity index is 1.32. The molecule has 0 saturated carbocycles. The summed E-state index contributed by atoms with van der Waals surface area (Å²) in [5.74, 6) is 0. The van der Waals surface area contributed by atoms with E-state index in [0.717, 1.165) is 0 Å². The highest BCUT2D eigenvalue weighted by Gasteiger charge is 2.47. The van der Waals surface area contributed by atoms with E-state index in [1.807, 2.05) is 11.3 Å². The molecule has 0 spiro atoms. The van der Waals surface area contributed by atoms with E-state index in [1.165, 1.54) is 110 Å². The van der Waals surface area contributed by atoms with Crippen molar-refractivity contribution in [1.82, 2.24) is 0 Å². The molecule has 0 bridgehead atoms. The van der Waals surface area contributed by atoms with Crippen LogP contribution >= 0.6 is 11.3 Å². The highest BCUT2D eigenvalue weighted by molar-refractivity contribution is 7.26. The average molecular weight is 847 g/mol. The normalized spacial score (nSPS) is 13.6. The van der Waals surface area contributed by atoms with E-state index in [-0.39, 0.29) is 23.1 Å². The molecule has 4 heteroatoms. The van der Waals surface area contributed by atoms with E-state index in [4.69, 9.17) is 0 Å². The first-order valence-electron chi connectivity index (χ1n) is 22.9. The van der Waals surface area contributed by atoms with E-state index < -0.39 is 0 Å². The molecule has 2 aliphatic rings. The van der Waals surface area contributed by atoms with Gasteiger partial charge in [0.15, 0.2) is 0 Å². The number of fused-ring (bicyclic) bond motifs is 8. The zero-order valence-electron chi connectivity index (χ0n) is 38.5. The van der Waals surface area contributed by atoms with Gasteiger partial charge in [-0.05, 0) is 121 Å². The van der Waals surface area contributed by atoms with Gasteiger partial charge in [-0.3, -0.25) is 0 Å². The second-order valence-electron chi connectivity index (χ2n) is 21.0. The average Bonchev–Trinajstić information content (AvgIpc) is 3.67. The lowest BCUT2D eigenvalue weighted by Gasteiger charge is -2.47. The zero-order valence-corrected chi connectivity index (χ0v) is 39.4. The maximum absolute atomic E-state index is 2.68. The molecule has 9 aromatic rings. The molecule has 2 nitrogen and oxygen atoms in total. The molecule has 2 aliphatic heterocycles. The Kier molecular flexibility index (Phi) is 9.21. The largest absolute Gasteiger partial charge is 0.376 e. The first-order chi connectivity index (χ1) is 30.6. The minimum atomic E-state index is -0.110. The highest BCUT2D eigenvalue weighted by atomic mass is 32.1. The van der Waals surface area contributed by atoms with Gasteiger partial charge in [-0.2, -0.15) is 0 Å². The van der Waals surface area contributed by atoms with Crippen LogP contribution in [0.1, 0.15) is 79.0 Å². The molecule has 314 valence electrons. The van der Waals surface area contributed by atoms with Crippen LogP contribution in [0.3, 0.4) is 0 Å². The quantitative estimate of drug-likeness (QED) is 0.163. The van der Waals surface area contributed by atoms with Gasteiger partial charge in [-0.25, -0.2) is 0 Å². The second-order valence-corrected chi connectivity index (χ2v) is 22.1. The van der Waals surface area contributed by atoms with Crippen molar-refractivity contribution < 1.29 is 0 Å². The summed E-state index contributed by atoms with van der Waals surface area (Å²) in [6.07, 6.45) is 0. The Hall–Kier alpha value is -6.36. The van der Waals surface area contributed by atoms with Crippen LogP contribution in [0.15, 0.2) is 170 Å². The van der Waals surface area contributed by atoms with E-state index >= 15 is 0 Å². The van der Waals surface area contributed by atoms with Crippen LogP contribution in [-0.2, 0) is 16.2 Å². The number of thiophene rings is 1. The van der Waals surface area contributed by atoms with Crippen molar-refractivity contribution in [3.8, 4) is 33.4 Å². The smallest absolute Gasteiger partial charge is 0.333 e. The molecule has 0 aliphatic carbocycles. The van der Waals surface area contributed by atoms with Crippen LogP contribution in [-0.4, -0.2) is 6.85 Å². The maximum atomic E-state index is 2.68. The maximum Gasteiger partial charge on any atom is 0.333 e. The molecule has 0 amide bonds. The number of hydrogen-bond donors (Lipinski definition) is 0. The monoisotopic (exact) mass is 846 g/mol. The molecular formula is C60H55BN2S. The predicted molar refractivity (Wildman–Crippen MR) is 280 cm³/mol. The van der Waals surface area contributed by atoms with Gasteiger partial charge in [0.1, 0.15) is 0 Å². The third-order valence-electron chi connectivity index (χ3n) is 13.7. The molecule has 0 radical (unpaired) electrons. The Morgan fingerprint density at radius 2 is 1.03 bits per heavy atom. The van der Waals surface area contributed by atoms with Crippen LogP contribution in [0.5, 0.6) is 0 Å². The third-order valence-corrected chi connectivity index (χ3v) is 14.9. The molecule has 8 aromatic carbocycles. The molecule has 0 saturated heterocycles. The first kappa shape index (κ1) is 40.4. The van der Waals surface area contributed by atoms with Gasteiger partial charge in [0.2, 0.25) is 0 Å². The Labute approximate surface area is 384 Å². The van der Waals surface area contributed by atoms with Gasteiger partial charge in [0.25, 0.3) is 0 Å². The van der Waals surface area contributed by atoms with Crippen molar-refractivity contribution in [2.45, 2.75) is 78.6 Å². The highest BCUT2D eigenvalue weighted by Crippen LogP contribution is 2.53. The van der Waals surface area contributed by atoms with Crippen LogP contribution in [0.25, 0.3) is 53.6 Å². The lowest BCUT2D eigenvalue weighted by molar-refractivity contribution is 0.590. The van der Waals surface area contributed by atoms with Crippen molar-refractivity contribution in [1.29, 1.82) is 0 Å². The minimum absolute atomic E-state index is 0.0329. The number of anilines is 5. The van der Waals surface area contributed by atoms with Gasteiger partial charge in [0.05, 0.1) is 11.4 Å². The summed E-state index contributed by atoms with van der Waals surface area (Å²) in [4.78, 5) is 5.35. The van der Waals surface area contributed by atoms with Gasteiger partial charge < -0.3 is 9.71 Å². The standard InChI is InChI=1S/C60H55BN2S/c1-58(2,3)41-24-28-44(29-25-41)63-51-37-43(60(7,8)9)26-30-45(51)48-34-40(38-18-12-10-13-19-38)35-52-56(48)61(63)49-31-33-54-55(46-22-16-17-23-53(46)64-54)57(49)62(52)50-32-27-42(59(4,5)6)36-47(50)39-20-14-11-15-21-39/h10-37H,1-9H3. The summed E-state index contributed by atoms with van der Waals surface area (Å²) in [5, 5.41) is 2.61. The molecule has 1 aromatic heterocycles. The van der Waals surface area contributed by atoms with E-state index in [2.05, 4.69) is 242 Å². The molecule has 11 rings (SSSR count). The number of nitrogens with zero attached hydrogens (tertiary/aromatic N) is 2. The van der Waals surface area contributed by atoms with Gasteiger partial charge >= 0.3 is 6.85 Å². The molecule has 3 heterocycles. The number of benzene rings is 8. The molecule has 0 fully saturated rings. The van der Waals surface area contributed by atoms with Crippen LogP contribution in [0.4, 0.5) is 28.4 Å². The van der Waals surface area contributed by atoms with E-state index in [9.17, 15) is 0 Å². The van der Waals surface area contributed by atoms with Crippen molar-refractivity contribution >= 4 is 77.7 Å². The van der Waals surface area contributed by atoms with Gasteiger partial charge in [-0.15, -0.1) is 11.3 Å². The van der Waals surface area contributed by atoms with Crippen molar-refractivity contribution in [2.24, 2.45) is 0 Å². The van der Waals surface area contributed by atoms with Crippen molar-refractivity contribution in [3.63, 3.8) is 0 Å². The lowest BCUT2D eigenvalue weighted by Crippen LogP contribution is -2.61. The number of hydrogen-bond acceptors (Lipinski definition) is 3. The molecular weight excluding hydrogens is 792 g/mol. The van der Waals surface area contributed by atoms with E-state index in [0.29, 0.717) is 0 Å². The van der Waals surface area contributed by atoms with Crippen LogP contribution in [0, 0.1) is 0 Å². The summed E-state index contributed by atoms with van der Waals surface area (Å²) in [5.41, 5.74) is 20.1. The predicted octanol–water partition coefficient (Wildman–Crippen LogP) is 16.0. The van der Waals surface area contributed by atoms with Gasteiger partial charge in [-0.1, -0.05) is 178 Å². The van der Waals surface area contributed by atoms with Crippen LogP contribution in [0.2, 0.25) is 0 Å². The molecule has 0 atom stereocenters. The van der Waals surface area contributed by atoms with E-state index in [1.54, 1.807) is 0 Å².